The van der Waals surface area contributed by atoms with Crippen molar-refractivity contribution in [3.8, 4) is 11.3 Å². The van der Waals surface area contributed by atoms with Gasteiger partial charge in [-0.25, -0.2) is 9.78 Å². The Hall–Kier alpha value is -3.09. The molecule has 1 N–H and O–H groups in total. The normalized spacial score (nSPS) is 14.0. The van der Waals surface area contributed by atoms with Crippen molar-refractivity contribution in [2.75, 3.05) is 49.5 Å². The highest BCUT2D eigenvalue weighted by molar-refractivity contribution is 5.68. The van der Waals surface area contributed by atoms with Crippen LogP contribution < -0.4 is 10.2 Å². The molecule has 142 valence electrons. The Kier molecular flexibility index (Phi) is 6.25. The Balaban J connectivity index is 1.80. The van der Waals surface area contributed by atoms with Gasteiger partial charge in [-0.2, -0.15) is 4.98 Å². The SMILES string of the molecule is C=CCNc1cc(-c2ccccc2)nc(N2CCN(C(=O)OCC)CC2)n1. The molecule has 0 unspecified atom stereocenters. The molecular formula is C20H25N5O2. The van der Waals surface area contributed by atoms with Crippen molar-refractivity contribution >= 4 is 17.9 Å². The first-order valence-electron chi connectivity index (χ1n) is 9.17. The molecule has 0 saturated carbocycles. The van der Waals surface area contributed by atoms with Crippen molar-refractivity contribution in [1.29, 1.82) is 0 Å². The molecule has 3 rings (SSSR count). The fourth-order valence-corrected chi connectivity index (χ4v) is 2.90. The van der Waals surface area contributed by atoms with Gasteiger partial charge in [-0.1, -0.05) is 36.4 Å². The molecule has 1 aliphatic heterocycles. The molecule has 1 saturated heterocycles. The average molecular weight is 367 g/mol. The van der Waals surface area contributed by atoms with Gasteiger partial charge < -0.3 is 19.9 Å². The fraction of sp³-hybridized carbons (Fsp3) is 0.350. The van der Waals surface area contributed by atoms with Crippen LogP contribution in [0, 0.1) is 0 Å². The van der Waals surface area contributed by atoms with Gasteiger partial charge in [-0.3, -0.25) is 0 Å². The van der Waals surface area contributed by atoms with Crippen molar-refractivity contribution < 1.29 is 9.53 Å². The molecule has 7 nitrogen and oxygen atoms in total. The molecule has 0 aliphatic carbocycles. The first kappa shape index (κ1) is 18.7. The second kappa shape index (κ2) is 9.02. The first-order chi connectivity index (χ1) is 13.2. The average Bonchev–Trinajstić information content (AvgIpc) is 2.73. The van der Waals surface area contributed by atoms with E-state index in [1.165, 1.54) is 0 Å². The van der Waals surface area contributed by atoms with Crippen LogP contribution >= 0.6 is 0 Å². The summed E-state index contributed by atoms with van der Waals surface area (Å²) >= 11 is 0. The van der Waals surface area contributed by atoms with Crippen LogP contribution in [0.3, 0.4) is 0 Å². The number of anilines is 2. The second-order valence-electron chi connectivity index (χ2n) is 6.15. The molecule has 1 aromatic carbocycles. The summed E-state index contributed by atoms with van der Waals surface area (Å²) in [6.45, 7) is 9.08. The Morgan fingerprint density at radius 3 is 2.63 bits per heavy atom. The van der Waals surface area contributed by atoms with Crippen LogP contribution in [0.25, 0.3) is 11.3 Å². The molecule has 2 heterocycles. The number of ether oxygens (including phenoxy) is 1. The molecular weight excluding hydrogens is 342 g/mol. The van der Waals surface area contributed by atoms with Gasteiger partial charge in [0.25, 0.3) is 0 Å². The van der Waals surface area contributed by atoms with E-state index in [1.54, 1.807) is 11.0 Å². The lowest BCUT2D eigenvalue weighted by Gasteiger charge is -2.34. The summed E-state index contributed by atoms with van der Waals surface area (Å²) in [5.74, 6) is 1.41. The molecule has 2 aromatic rings. The number of nitrogens with one attached hydrogen (secondary N) is 1. The third-order valence-corrected chi connectivity index (χ3v) is 4.30. The van der Waals surface area contributed by atoms with Gasteiger partial charge in [0.1, 0.15) is 5.82 Å². The number of nitrogens with zero attached hydrogens (tertiary/aromatic N) is 4. The van der Waals surface area contributed by atoms with Crippen LogP contribution in [0.2, 0.25) is 0 Å². The summed E-state index contributed by atoms with van der Waals surface area (Å²) in [6, 6.07) is 12.0. The van der Waals surface area contributed by atoms with E-state index < -0.39 is 0 Å². The molecule has 1 fully saturated rings. The summed E-state index contributed by atoms with van der Waals surface area (Å²) in [4.78, 5) is 25.1. The molecule has 27 heavy (non-hydrogen) atoms. The number of rotatable bonds is 6. The largest absolute Gasteiger partial charge is 0.450 e. The number of hydrogen-bond donors (Lipinski definition) is 1. The molecule has 1 aromatic heterocycles. The smallest absolute Gasteiger partial charge is 0.409 e. The van der Waals surface area contributed by atoms with E-state index >= 15 is 0 Å². The number of hydrogen-bond acceptors (Lipinski definition) is 6. The molecule has 0 bridgehead atoms. The number of aromatic nitrogens is 2. The number of carbonyl (C=O) groups excluding carboxylic acids is 1. The number of carbonyl (C=O) groups is 1. The number of benzene rings is 1. The van der Waals surface area contributed by atoms with Crippen LogP contribution in [-0.2, 0) is 4.74 Å². The highest BCUT2D eigenvalue weighted by atomic mass is 16.6. The molecule has 1 aliphatic rings. The van der Waals surface area contributed by atoms with Gasteiger partial charge in [0, 0.05) is 44.4 Å². The quantitative estimate of drug-likeness (QED) is 0.792. The minimum absolute atomic E-state index is 0.260. The minimum Gasteiger partial charge on any atom is -0.450 e. The van der Waals surface area contributed by atoms with Crippen molar-refractivity contribution in [1.82, 2.24) is 14.9 Å². The van der Waals surface area contributed by atoms with Crippen LogP contribution in [0.4, 0.5) is 16.6 Å². The Labute approximate surface area is 159 Å². The lowest BCUT2D eigenvalue weighted by Crippen LogP contribution is -2.49. The van der Waals surface area contributed by atoms with E-state index in [-0.39, 0.29) is 6.09 Å². The number of amides is 1. The summed E-state index contributed by atoms with van der Waals surface area (Å²) in [5, 5.41) is 3.25. The maximum atomic E-state index is 11.9. The molecule has 1 amide bonds. The topological polar surface area (TPSA) is 70.6 Å². The van der Waals surface area contributed by atoms with Gasteiger partial charge in [-0.15, -0.1) is 6.58 Å². The standard InChI is InChI=1S/C20H25N5O2/c1-3-10-21-18-15-17(16-8-6-5-7-9-16)22-19(23-18)24-11-13-25(14-12-24)20(26)27-4-2/h3,5-9,15H,1,4,10-14H2,2H3,(H,21,22,23). The van der Waals surface area contributed by atoms with Gasteiger partial charge in [0.2, 0.25) is 5.95 Å². The van der Waals surface area contributed by atoms with Gasteiger partial charge in [-0.05, 0) is 6.92 Å². The summed E-state index contributed by atoms with van der Waals surface area (Å²) < 4.78 is 5.08. The van der Waals surface area contributed by atoms with E-state index in [9.17, 15) is 4.79 Å². The summed E-state index contributed by atoms with van der Waals surface area (Å²) in [5.41, 5.74) is 1.90. The van der Waals surface area contributed by atoms with E-state index in [1.807, 2.05) is 43.3 Å². The van der Waals surface area contributed by atoms with E-state index in [4.69, 9.17) is 9.72 Å². The van der Waals surface area contributed by atoms with Gasteiger partial charge in [0.15, 0.2) is 0 Å². The molecule has 7 heteroatoms. The zero-order valence-electron chi connectivity index (χ0n) is 15.6. The van der Waals surface area contributed by atoms with Crippen molar-refractivity contribution in [2.24, 2.45) is 0 Å². The Morgan fingerprint density at radius 2 is 1.96 bits per heavy atom. The molecule has 0 radical (unpaired) electrons. The van der Waals surface area contributed by atoms with Crippen molar-refractivity contribution in [3.63, 3.8) is 0 Å². The summed E-state index contributed by atoms with van der Waals surface area (Å²) in [7, 11) is 0. The van der Waals surface area contributed by atoms with Crippen LogP contribution in [0.15, 0.2) is 49.1 Å². The fourth-order valence-electron chi connectivity index (χ4n) is 2.90. The second-order valence-corrected chi connectivity index (χ2v) is 6.15. The Bertz CT molecular complexity index is 773. The lowest BCUT2D eigenvalue weighted by molar-refractivity contribution is 0.105. The van der Waals surface area contributed by atoms with Crippen LogP contribution in [0.1, 0.15) is 6.92 Å². The Morgan fingerprint density at radius 1 is 1.22 bits per heavy atom. The third kappa shape index (κ3) is 4.75. The zero-order chi connectivity index (χ0) is 19.1. The highest BCUT2D eigenvalue weighted by Gasteiger charge is 2.24. The minimum atomic E-state index is -0.260. The van der Waals surface area contributed by atoms with Crippen LogP contribution in [-0.4, -0.2) is 60.3 Å². The molecule has 0 atom stereocenters. The first-order valence-corrected chi connectivity index (χ1v) is 9.17. The summed E-state index contributed by atoms with van der Waals surface area (Å²) in [6.07, 6.45) is 1.53. The monoisotopic (exact) mass is 367 g/mol. The highest BCUT2D eigenvalue weighted by Crippen LogP contribution is 2.23. The van der Waals surface area contributed by atoms with Crippen molar-refractivity contribution in [3.05, 3.63) is 49.1 Å². The predicted octanol–water partition coefficient (Wildman–Crippen LogP) is 3.02. The van der Waals surface area contributed by atoms with E-state index in [2.05, 4.69) is 21.8 Å². The van der Waals surface area contributed by atoms with E-state index in [0.29, 0.717) is 45.3 Å². The molecule has 0 spiro atoms. The van der Waals surface area contributed by atoms with Gasteiger partial charge >= 0.3 is 6.09 Å². The number of piperazine rings is 1. The zero-order valence-corrected chi connectivity index (χ0v) is 15.6. The van der Waals surface area contributed by atoms with Crippen molar-refractivity contribution in [2.45, 2.75) is 6.92 Å². The maximum absolute atomic E-state index is 11.9. The lowest BCUT2D eigenvalue weighted by atomic mass is 10.1. The predicted molar refractivity (Wildman–Crippen MR) is 107 cm³/mol. The van der Waals surface area contributed by atoms with Gasteiger partial charge in [0.05, 0.1) is 12.3 Å². The van der Waals surface area contributed by atoms with E-state index in [0.717, 1.165) is 17.1 Å². The third-order valence-electron chi connectivity index (χ3n) is 4.30. The maximum Gasteiger partial charge on any atom is 0.409 e. The van der Waals surface area contributed by atoms with Crippen LogP contribution in [0.5, 0.6) is 0 Å².